The first kappa shape index (κ1) is 14.6. The minimum absolute atomic E-state index is 0.181. The van der Waals surface area contributed by atoms with E-state index in [0.29, 0.717) is 17.1 Å². The maximum Gasteiger partial charge on any atom is 0.243 e. The van der Waals surface area contributed by atoms with Gasteiger partial charge in [-0.25, -0.2) is 8.42 Å². The second-order valence-corrected chi connectivity index (χ2v) is 8.13. The van der Waals surface area contributed by atoms with Crippen LogP contribution in [0.5, 0.6) is 0 Å². The number of benzene rings is 1. The van der Waals surface area contributed by atoms with Crippen LogP contribution < -0.4 is 0 Å². The second kappa shape index (κ2) is 5.70. The highest BCUT2D eigenvalue weighted by Crippen LogP contribution is 2.20. The highest BCUT2D eigenvalue weighted by molar-refractivity contribution is 7.89. The third kappa shape index (κ3) is 3.05. The van der Waals surface area contributed by atoms with E-state index >= 15 is 0 Å². The number of aliphatic hydroxyl groups excluding tert-OH is 1. The van der Waals surface area contributed by atoms with Gasteiger partial charge in [0, 0.05) is 35.4 Å². The van der Waals surface area contributed by atoms with Crippen LogP contribution in [-0.2, 0) is 27.4 Å². The molecule has 0 saturated carbocycles. The number of hydrogen-bond donors (Lipinski definition) is 1. The van der Waals surface area contributed by atoms with E-state index in [1.54, 1.807) is 12.1 Å². The number of aryl methyl sites for hydroxylation is 1. The van der Waals surface area contributed by atoms with Crippen LogP contribution in [0.25, 0.3) is 0 Å². The first-order valence-electron chi connectivity index (χ1n) is 6.00. The van der Waals surface area contributed by atoms with E-state index < -0.39 is 20.8 Å². The maximum absolute atomic E-state index is 12.4. The first-order valence-corrected chi connectivity index (χ1v) is 8.93. The van der Waals surface area contributed by atoms with Crippen molar-refractivity contribution >= 4 is 20.8 Å². The van der Waals surface area contributed by atoms with E-state index in [-0.39, 0.29) is 24.6 Å². The fraction of sp³-hybridized carbons (Fsp3) is 0.500. The quantitative estimate of drug-likeness (QED) is 0.868. The molecule has 0 spiro atoms. The highest BCUT2D eigenvalue weighted by Gasteiger charge is 2.28. The molecule has 1 fully saturated rings. The molecule has 1 N–H and O–H groups in total. The Morgan fingerprint density at radius 2 is 1.95 bits per heavy atom. The Kier molecular flexibility index (Phi) is 4.39. The minimum Gasteiger partial charge on any atom is -0.392 e. The Labute approximate surface area is 115 Å². The van der Waals surface area contributed by atoms with E-state index in [2.05, 4.69) is 0 Å². The molecule has 1 saturated heterocycles. The Balaban J connectivity index is 2.31. The lowest BCUT2D eigenvalue weighted by atomic mass is 10.1. The highest BCUT2D eigenvalue weighted by atomic mass is 32.2. The summed E-state index contributed by atoms with van der Waals surface area (Å²) in [6.07, 6.45) is 0. The molecule has 2 rings (SSSR count). The lowest BCUT2D eigenvalue weighted by Gasteiger charge is -2.25. The van der Waals surface area contributed by atoms with Crippen LogP contribution in [0.15, 0.2) is 23.1 Å². The van der Waals surface area contributed by atoms with Gasteiger partial charge in [-0.1, -0.05) is 6.07 Å². The minimum atomic E-state index is -3.55. The van der Waals surface area contributed by atoms with Crippen LogP contribution in [0.1, 0.15) is 11.1 Å². The van der Waals surface area contributed by atoms with E-state index in [1.165, 1.54) is 10.4 Å². The van der Waals surface area contributed by atoms with Gasteiger partial charge >= 0.3 is 0 Å². The molecule has 0 atom stereocenters. The third-order valence-electron chi connectivity index (χ3n) is 3.27. The van der Waals surface area contributed by atoms with Gasteiger partial charge in [-0.05, 0) is 30.2 Å². The number of nitrogens with zero attached hydrogens (tertiary/aromatic N) is 1. The van der Waals surface area contributed by atoms with Crippen LogP contribution in [0.3, 0.4) is 0 Å². The average molecular weight is 303 g/mol. The lowest BCUT2D eigenvalue weighted by Crippen LogP contribution is -2.41. The van der Waals surface area contributed by atoms with Crippen LogP contribution in [0, 0.1) is 6.92 Å². The molecule has 0 aliphatic carbocycles. The summed E-state index contributed by atoms with van der Waals surface area (Å²) in [6, 6.07) is 4.76. The summed E-state index contributed by atoms with van der Waals surface area (Å²) in [6.45, 7) is 2.22. The molecule has 0 bridgehead atoms. The van der Waals surface area contributed by atoms with Gasteiger partial charge in [0.1, 0.15) is 0 Å². The number of hydrogen-bond acceptors (Lipinski definition) is 4. The van der Waals surface area contributed by atoms with Crippen LogP contribution in [0.2, 0.25) is 0 Å². The van der Waals surface area contributed by atoms with Crippen molar-refractivity contribution in [3.8, 4) is 0 Å². The molecule has 106 valence electrons. The monoisotopic (exact) mass is 303 g/mol. The summed E-state index contributed by atoms with van der Waals surface area (Å²) in [5.74, 6) is 0.774. The van der Waals surface area contributed by atoms with Crippen molar-refractivity contribution in [3.63, 3.8) is 0 Å². The lowest BCUT2D eigenvalue weighted by molar-refractivity contribution is 0.280. The van der Waals surface area contributed by atoms with Crippen molar-refractivity contribution in [3.05, 3.63) is 29.3 Å². The van der Waals surface area contributed by atoms with Crippen LogP contribution in [0.4, 0.5) is 0 Å². The Morgan fingerprint density at radius 3 is 2.53 bits per heavy atom. The summed E-state index contributed by atoms with van der Waals surface area (Å²) < 4.78 is 37.5. The molecule has 1 heterocycles. The van der Waals surface area contributed by atoms with Crippen molar-refractivity contribution in [2.75, 3.05) is 24.6 Å². The Morgan fingerprint density at radius 1 is 1.32 bits per heavy atom. The smallest absolute Gasteiger partial charge is 0.243 e. The molecule has 1 aliphatic heterocycles. The average Bonchev–Trinajstić information content (AvgIpc) is 2.39. The fourth-order valence-electron chi connectivity index (χ4n) is 1.99. The van der Waals surface area contributed by atoms with Crippen molar-refractivity contribution in [1.82, 2.24) is 4.31 Å². The fourth-order valence-corrected chi connectivity index (χ4v) is 4.77. The molecule has 0 radical (unpaired) electrons. The molecule has 7 heteroatoms. The predicted molar refractivity (Wildman–Crippen MR) is 73.7 cm³/mol. The normalized spacial score (nSPS) is 18.6. The Hall–Kier alpha value is -0.760. The number of aliphatic hydroxyl groups is 1. The van der Waals surface area contributed by atoms with Gasteiger partial charge in [0.15, 0.2) is 0 Å². The maximum atomic E-state index is 12.4. The van der Waals surface area contributed by atoms with Gasteiger partial charge in [-0.15, -0.1) is 0 Å². The SMILES string of the molecule is Cc1ccc(S(=O)(=O)N2CCS(=O)CC2)cc1CO. The summed E-state index contributed by atoms with van der Waals surface area (Å²) >= 11 is 0. The summed E-state index contributed by atoms with van der Waals surface area (Å²) in [7, 11) is -4.45. The molecule has 0 unspecified atom stereocenters. The second-order valence-electron chi connectivity index (χ2n) is 4.50. The predicted octanol–water partition coefficient (Wildman–Crippen LogP) is 0.240. The van der Waals surface area contributed by atoms with Gasteiger partial charge in [0.25, 0.3) is 0 Å². The molecule has 0 aromatic heterocycles. The van der Waals surface area contributed by atoms with Crippen LogP contribution >= 0.6 is 0 Å². The zero-order valence-electron chi connectivity index (χ0n) is 10.7. The van der Waals surface area contributed by atoms with E-state index in [0.717, 1.165) is 5.56 Å². The summed E-state index contributed by atoms with van der Waals surface area (Å²) in [4.78, 5) is 0.190. The largest absolute Gasteiger partial charge is 0.392 e. The summed E-state index contributed by atoms with van der Waals surface area (Å²) in [5.41, 5.74) is 1.47. The van der Waals surface area contributed by atoms with Crippen molar-refractivity contribution in [2.24, 2.45) is 0 Å². The molecule has 1 aliphatic rings. The zero-order valence-corrected chi connectivity index (χ0v) is 12.3. The third-order valence-corrected chi connectivity index (χ3v) is 6.44. The summed E-state index contributed by atoms with van der Waals surface area (Å²) in [5, 5.41) is 9.21. The standard InChI is InChI=1S/C12H17NO4S2/c1-10-2-3-12(8-11(10)9-14)19(16,17)13-4-6-18(15)7-5-13/h2-3,8,14H,4-7,9H2,1H3. The topological polar surface area (TPSA) is 74.7 Å². The van der Waals surface area contributed by atoms with Gasteiger partial charge < -0.3 is 5.11 Å². The molecule has 5 nitrogen and oxygen atoms in total. The molecule has 0 amide bonds. The van der Waals surface area contributed by atoms with E-state index in [4.69, 9.17) is 0 Å². The van der Waals surface area contributed by atoms with E-state index in [9.17, 15) is 17.7 Å². The number of sulfonamides is 1. The van der Waals surface area contributed by atoms with Gasteiger partial charge in [-0.3, -0.25) is 4.21 Å². The van der Waals surface area contributed by atoms with Crippen molar-refractivity contribution < 1.29 is 17.7 Å². The molecular weight excluding hydrogens is 286 g/mol. The van der Waals surface area contributed by atoms with Crippen LogP contribution in [-0.4, -0.2) is 46.6 Å². The Bertz CT molecular complexity index is 588. The van der Waals surface area contributed by atoms with Crippen molar-refractivity contribution in [1.29, 1.82) is 0 Å². The molecular formula is C12H17NO4S2. The molecule has 19 heavy (non-hydrogen) atoms. The molecule has 1 aromatic rings. The van der Waals surface area contributed by atoms with Gasteiger partial charge in [0.2, 0.25) is 10.0 Å². The number of rotatable bonds is 3. The molecule has 1 aromatic carbocycles. The van der Waals surface area contributed by atoms with Gasteiger partial charge in [0.05, 0.1) is 11.5 Å². The van der Waals surface area contributed by atoms with Gasteiger partial charge in [-0.2, -0.15) is 4.31 Å². The first-order chi connectivity index (χ1) is 8.95. The zero-order chi connectivity index (χ0) is 14.0. The van der Waals surface area contributed by atoms with E-state index in [1.807, 2.05) is 6.92 Å². The van der Waals surface area contributed by atoms with Crippen molar-refractivity contribution in [2.45, 2.75) is 18.4 Å².